The van der Waals surface area contributed by atoms with Gasteiger partial charge in [0.2, 0.25) is 5.91 Å². The molecule has 0 bridgehead atoms. The second-order valence-electron chi connectivity index (χ2n) is 12.7. The van der Waals surface area contributed by atoms with E-state index in [1.807, 2.05) is 51.3 Å². The van der Waals surface area contributed by atoms with Crippen molar-refractivity contribution in [2.45, 2.75) is 39.7 Å². The highest BCUT2D eigenvalue weighted by Crippen LogP contribution is 2.37. The third kappa shape index (κ3) is 6.59. The number of H-pyrrole nitrogens is 1. The van der Waals surface area contributed by atoms with Crippen LogP contribution in [0.4, 0.5) is 15.8 Å². The fourth-order valence-electron chi connectivity index (χ4n) is 6.35. The van der Waals surface area contributed by atoms with Gasteiger partial charge in [-0.1, -0.05) is 26.0 Å². The molecule has 2 aromatic carbocycles. The number of hydrogen-bond acceptors (Lipinski definition) is 6. The molecule has 1 unspecified atom stereocenters. The summed E-state index contributed by atoms with van der Waals surface area (Å²) in [6.45, 7) is 8.73. The zero-order chi connectivity index (χ0) is 31.7. The lowest BCUT2D eigenvalue weighted by molar-refractivity contribution is -0.116. The minimum atomic E-state index is -0.229. The van der Waals surface area contributed by atoms with Crippen LogP contribution in [0.2, 0.25) is 0 Å². The van der Waals surface area contributed by atoms with Crippen molar-refractivity contribution >= 4 is 29.2 Å². The van der Waals surface area contributed by atoms with Crippen LogP contribution in [0, 0.1) is 18.7 Å². The summed E-state index contributed by atoms with van der Waals surface area (Å²) in [5.74, 6) is -0.0482. The number of aromatic nitrogens is 2. The second kappa shape index (κ2) is 12.8. The van der Waals surface area contributed by atoms with Crippen molar-refractivity contribution in [2.75, 3.05) is 44.4 Å². The molecule has 2 aromatic heterocycles. The molecule has 0 radical (unpaired) electrons. The highest BCUT2D eigenvalue weighted by Gasteiger charge is 2.29. The Morgan fingerprint density at radius 2 is 1.96 bits per heavy atom. The number of pyridine rings is 1. The van der Waals surface area contributed by atoms with E-state index in [4.69, 9.17) is 4.99 Å². The molecule has 1 atom stereocenters. The van der Waals surface area contributed by atoms with E-state index in [9.17, 15) is 9.18 Å². The van der Waals surface area contributed by atoms with Crippen molar-refractivity contribution in [3.05, 3.63) is 99.9 Å². The first-order chi connectivity index (χ1) is 21.7. The number of anilines is 2. The number of fused-ring (bicyclic) bond motifs is 2. The van der Waals surface area contributed by atoms with Crippen molar-refractivity contribution in [1.29, 1.82) is 0 Å². The van der Waals surface area contributed by atoms with E-state index in [0.29, 0.717) is 31.7 Å². The minimum Gasteiger partial charge on any atom is -0.383 e. The molecule has 6 rings (SSSR count). The largest absolute Gasteiger partial charge is 0.383 e. The molecule has 4 heterocycles. The number of amides is 1. The number of benzene rings is 2. The molecule has 3 N–H and O–H groups in total. The first-order valence-electron chi connectivity index (χ1n) is 15.5. The molecule has 4 aromatic rings. The third-order valence-corrected chi connectivity index (χ3v) is 8.22. The molecule has 1 amide bonds. The number of aliphatic imine (C=N–C) groups is 2. The molecular weight excluding hydrogens is 565 g/mol. The van der Waals surface area contributed by atoms with Crippen LogP contribution >= 0.6 is 0 Å². The smallest absolute Gasteiger partial charge is 0.224 e. The molecule has 2 aliphatic heterocycles. The summed E-state index contributed by atoms with van der Waals surface area (Å²) in [6, 6.07) is 13.6. The molecule has 0 saturated heterocycles. The van der Waals surface area contributed by atoms with E-state index in [-0.39, 0.29) is 23.6 Å². The number of carbonyl (C=O) groups is 1. The Labute approximate surface area is 263 Å². The van der Waals surface area contributed by atoms with Crippen LogP contribution in [0.1, 0.15) is 65.4 Å². The first-order valence-corrected chi connectivity index (χ1v) is 15.5. The summed E-state index contributed by atoms with van der Waals surface area (Å²) >= 11 is 0. The number of nitrogens with zero attached hydrogens (tertiary/aromatic N) is 4. The van der Waals surface area contributed by atoms with Gasteiger partial charge in [-0.25, -0.2) is 4.39 Å². The molecule has 232 valence electrons. The van der Waals surface area contributed by atoms with E-state index in [1.54, 1.807) is 18.3 Å². The lowest BCUT2D eigenvalue weighted by Gasteiger charge is -2.21. The predicted octanol–water partition coefficient (Wildman–Crippen LogP) is 6.40. The summed E-state index contributed by atoms with van der Waals surface area (Å²) in [6.07, 6.45) is 5.83. The highest BCUT2D eigenvalue weighted by molar-refractivity contribution is 6.17. The van der Waals surface area contributed by atoms with Crippen LogP contribution in [0.3, 0.4) is 0 Å². The molecular formula is C36H40FN7O. The Morgan fingerprint density at radius 3 is 2.76 bits per heavy atom. The summed E-state index contributed by atoms with van der Waals surface area (Å²) in [5, 5.41) is 6.51. The molecule has 0 saturated carbocycles. The average molecular weight is 606 g/mol. The molecule has 8 nitrogen and oxygen atoms in total. The van der Waals surface area contributed by atoms with Gasteiger partial charge >= 0.3 is 0 Å². The lowest BCUT2D eigenvalue weighted by Crippen LogP contribution is -2.15. The summed E-state index contributed by atoms with van der Waals surface area (Å²) < 4.78 is 14.8. The molecule has 2 aliphatic rings. The van der Waals surface area contributed by atoms with E-state index in [0.717, 1.165) is 68.3 Å². The van der Waals surface area contributed by atoms with E-state index in [1.165, 1.54) is 0 Å². The van der Waals surface area contributed by atoms with Crippen molar-refractivity contribution in [3.8, 4) is 11.1 Å². The predicted molar refractivity (Wildman–Crippen MR) is 180 cm³/mol. The Kier molecular flexibility index (Phi) is 8.63. The van der Waals surface area contributed by atoms with Gasteiger partial charge in [0.1, 0.15) is 5.82 Å². The lowest BCUT2D eigenvalue weighted by atomic mass is 9.86. The van der Waals surface area contributed by atoms with Crippen LogP contribution in [-0.4, -0.2) is 66.4 Å². The van der Waals surface area contributed by atoms with E-state index >= 15 is 0 Å². The van der Waals surface area contributed by atoms with Gasteiger partial charge in [0.15, 0.2) is 0 Å². The number of carbonyl (C=O) groups excluding carboxylic acids is 1. The van der Waals surface area contributed by atoms with Gasteiger partial charge in [-0.15, -0.1) is 0 Å². The number of aromatic amines is 1. The normalized spacial score (nSPS) is 15.7. The first kappa shape index (κ1) is 30.4. The fourth-order valence-corrected chi connectivity index (χ4v) is 6.35. The van der Waals surface area contributed by atoms with Crippen LogP contribution in [0.5, 0.6) is 0 Å². The summed E-state index contributed by atoms with van der Waals surface area (Å²) in [5.41, 5.74) is 11.4. The van der Waals surface area contributed by atoms with Crippen molar-refractivity contribution in [3.63, 3.8) is 0 Å². The van der Waals surface area contributed by atoms with E-state index < -0.39 is 0 Å². The van der Waals surface area contributed by atoms with Crippen LogP contribution in [0.15, 0.2) is 64.8 Å². The SMILES string of the molecule is Cc1c(C2=NCCNc3ccc(-c4cncc(NC(=O)CC(C)C)c4)cc32)[nH]c2c1C(c1cc(F)cc(CN(C)C)c1)CN=C2. The van der Waals surface area contributed by atoms with Gasteiger partial charge in [0, 0.05) is 54.7 Å². The zero-order valence-electron chi connectivity index (χ0n) is 26.5. The van der Waals surface area contributed by atoms with Gasteiger partial charge < -0.3 is 20.5 Å². The molecule has 0 spiro atoms. The Bertz CT molecular complexity index is 1800. The molecule has 0 fully saturated rings. The van der Waals surface area contributed by atoms with Crippen LogP contribution in [0.25, 0.3) is 11.1 Å². The Balaban J connectivity index is 1.37. The maximum Gasteiger partial charge on any atom is 0.224 e. The highest BCUT2D eigenvalue weighted by atomic mass is 19.1. The molecule has 0 aliphatic carbocycles. The number of halogens is 1. The van der Waals surface area contributed by atoms with E-state index in [2.05, 4.69) is 56.8 Å². The van der Waals surface area contributed by atoms with Crippen molar-refractivity contribution < 1.29 is 9.18 Å². The monoisotopic (exact) mass is 605 g/mol. The third-order valence-electron chi connectivity index (χ3n) is 8.22. The number of benzodiazepines with no additional fused rings is 1. The standard InChI is InChI=1S/C36H40FN7O/c1-21(2)10-33(45)42-28-14-26(16-38-17-28)24-6-7-31-29(15-24)36(41-9-8-40-31)35-22(3)34-30(18-39-19-32(34)43-35)25-11-23(20-44(4)5)12-27(37)13-25/h6-7,11-17,19,21,30,40,43H,8-10,18,20H2,1-5H3,(H,42,45). The average Bonchev–Trinajstić information content (AvgIpc) is 3.18. The molecule has 9 heteroatoms. The maximum atomic E-state index is 14.8. The van der Waals surface area contributed by atoms with Crippen molar-refractivity contribution in [2.24, 2.45) is 15.9 Å². The van der Waals surface area contributed by atoms with Gasteiger partial charge in [0.25, 0.3) is 0 Å². The van der Waals surface area contributed by atoms with Crippen molar-refractivity contribution in [1.82, 2.24) is 14.9 Å². The van der Waals surface area contributed by atoms with Crippen LogP contribution < -0.4 is 10.6 Å². The maximum absolute atomic E-state index is 14.8. The minimum absolute atomic E-state index is 0.0234. The Hall–Kier alpha value is -4.63. The van der Waals surface area contributed by atoms with Gasteiger partial charge in [-0.2, -0.15) is 0 Å². The number of nitrogens with one attached hydrogen (secondary N) is 3. The van der Waals surface area contributed by atoms with Gasteiger partial charge in [-0.05, 0) is 85.1 Å². The zero-order valence-corrected chi connectivity index (χ0v) is 26.5. The quantitative estimate of drug-likeness (QED) is 0.217. The topological polar surface area (TPSA) is 97.8 Å². The Morgan fingerprint density at radius 1 is 1.11 bits per heavy atom. The second-order valence-corrected chi connectivity index (χ2v) is 12.7. The number of hydrogen-bond donors (Lipinski definition) is 3. The summed E-state index contributed by atoms with van der Waals surface area (Å²) in [4.78, 5) is 32.2. The van der Waals surface area contributed by atoms with Gasteiger partial charge in [-0.3, -0.25) is 19.8 Å². The molecule has 45 heavy (non-hydrogen) atoms. The number of rotatable bonds is 8. The van der Waals surface area contributed by atoms with Gasteiger partial charge in [0.05, 0.1) is 42.1 Å². The summed E-state index contributed by atoms with van der Waals surface area (Å²) in [7, 11) is 3.97. The fraction of sp³-hybridized carbons (Fsp3) is 0.333. The van der Waals surface area contributed by atoms with Crippen LogP contribution in [-0.2, 0) is 11.3 Å².